The zero-order valence-corrected chi connectivity index (χ0v) is 5.90. The summed E-state index contributed by atoms with van der Waals surface area (Å²) >= 11 is 0. The van der Waals surface area contributed by atoms with Gasteiger partial charge >= 0.3 is 0 Å². The third kappa shape index (κ3) is 1.48. The lowest BCUT2D eigenvalue weighted by Crippen LogP contribution is -2.07. The average Bonchev–Trinajstić information content (AvgIpc) is 2.17. The molecule has 8 heavy (non-hydrogen) atoms. The molecule has 1 atom stereocenters. The molecule has 0 saturated carbocycles. The van der Waals surface area contributed by atoms with Crippen LogP contribution in [0.5, 0.6) is 0 Å². The monoisotopic (exact) mass is 114 g/mol. The number of hydrogen-bond donors (Lipinski definition) is 0. The van der Waals surface area contributed by atoms with Crippen molar-refractivity contribution in [3.05, 3.63) is 0 Å². The van der Waals surface area contributed by atoms with Crippen LogP contribution in [0.25, 0.3) is 0 Å². The molecule has 1 rings (SSSR count). The molecule has 0 aromatic carbocycles. The van der Waals surface area contributed by atoms with Crippen molar-refractivity contribution in [1.29, 1.82) is 0 Å². The molecule has 1 saturated heterocycles. The van der Waals surface area contributed by atoms with Crippen molar-refractivity contribution in [2.45, 2.75) is 32.8 Å². The highest BCUT2D eigenvalue weighted by Gasteiger charge is 2.39. The van der Waals surface area contributed by atoms with E-state index in [0.717, 1.165) is 12.5 Å². The topological polar surface area (TPSA) is 12.5 Å². The zero-order chi connectivity index (χ0) is 6.20. The van der Waals surface area contributed by atoms with E-state index in [9.17, 15) is 0 Å². The molecule has 1 aliphatic heterocycles. The molecule has 1 nitrogen and oxygen atoms in total. The van der Waals surface area contributed by atoms with E-state index in [1.54, 1.807) is 0 Å². The van der Waals surface area contributed by atoms with Crippen LogP contribution >= 0.6 is 0 Å². The van der Waals surface area contributed by atoms with Crippen LogP contribution in [0.15, 0.2) is 0 Å². The predicted molar refractivity (Wildman–Crippen MR) is 33.8 cm³/mol. The van der Waals surface area contributed by atoms with Gasteiger partial charge in [0.05, 0.1) is 12.2 Å². The Labute approximate surface area is 51.0 Å². The Kier molecular flexibility index (Phi) is 1.31. The standard InChI is InChI=1S/C7H14O/c1-6(2)4-7(3)5-8-7/h6H,4-5H2,1-3H3. The van der Waals surface area contributed by atoms with Crippen molar-refractivity contribution in [3.63, 3.8) is 0 Å². The first kappa shape index (κ1) is 6.09. The van der Waals surface area contributed by atoms with Crippen LogP contribution in [-0.4, -0.2) is 12.2 Å². The third-order valence-electron chi connectivity index (χ3n) is 1.48. The normalized spacial score (nSPS) is 36.0. The quantitative estimate of drug-likeness (QED) is 0.499. The van der Waals surface area contributed by atoms with Gasteiger partial charge in [0.2, 0.25) is 0 Å². The summed E-state index contributed by atoms with van der Waals surface area (Å²) in [6, 6.07) is 0. The molecule has 0 radical (unpaired) electrons. The van der Waals surface area contributed by atoms with Crippen LogP contribution in [0.1, 0.15) is 27.2 Å². The molecule has 0 aliphatic carbocycles. The maximum atomic E-state index is 5.21. The Balaban J connectivity index is 2.19. The average molecular weight is 114 g/mol. The lowest BCUT2D eigenvalue weighted by Gasteiger charge is -2.06. The summed E-state index contributed by atoms with van der Waals surface area (Å²) in [5, 5.41) is 0. The van der Waals surface area contributed by atoms with Crippen molar-refractivity contribution in [1.82, 2.24) is 0 Å². The summed E-state index contributed by atoms with van der Waals surface area (Å²) in [6.07, 6.45) is 1.22. The van der Waals surface area contributed by atoms with E-state index >= 15 is 0 Å². The smallest absolute Gasteiger partial charge is 0.0891 e. The van der Waals surface area contributed by atoms with Gasteiger partial charge < -0.3 is 4.74 Å². The van der Waals surface area contributed by atoms with E-state index in [4.69, 9.17) is 4.74 Å². The largest absolute Gasteiger partial charge is 0.370 e. The van der Waals surface area contributed by atoms with Crippen LogP contribution < -0.4 is 0 Å². The van der Waals surface area contributed by atoms with Gasteiger partial charge in [0.25, 0.3) is 0 Å². The summed E-state index contributed by atoms with van der Waals surface area (Å²) in [5.74, 6) is 0.780. The molecule has 1 aliphatic rings. The summed E-state index contributed by atoms with van der Waals surface area (Å²) in [4.78, 5) is 0. The lowest BCUT2D eigenvalue weighted by atomic mass is 10.0. The van der Waals surface area contributed by atoms with Gasteiger partial charge in [-0.05, 0) is 19.3 Å². The predicted octanol–water partition coefficient (Wildman–Crippen LogP) is 1.82. The molecule has 0 spiro atoms. The minimum atomic E-state index is 0.272. The molecular formula is C7H14O. The Morgan fingerprint density at radius 1 is 1.62 bits per heavy atom. The molecule has 0 aromatic rings. The van der Waals surface area contributed by atoms with Gasteiger partial charge in [-0.2, -0.15) is 0 Å². The Bertz CT molecular complexity index is 82.4. The van der Waals surface area contributed by atoms with Gasteiger partial charge in [-0.25, -0.2) is 0 Å². The highest BCUT2D eigenvalue weighted by Crippen LogP contribution is 2.32. The first-order valence-electron chi connectivity index (χ1n) is 3.26. The molecule has 1 heteroatoms. The molecule has 0 N–H and O–H groups in total. The number of epoxide rings is 1. The van der Waals surface area contributed by atoms with E-state index in [2.05, 4.69) is 20.8 Å². The summed E-state index contributed by atoms with van der Waals surface area (Å²) in [6.45, 7) is 7.61. The van der Waals surface area contributed by atoms with Crippen LogP contribution in [0.4, 0.5) is 0 Å². The van der Waals surface area contributed by atoms with Crippen molar-refractivity contribution >= 4 is 0 Å². The lowest BCUT2D eigenvalue weighted by molar-refractivity contribution is 0.283. The summed E-state index contributed by atoms with van der Waals surface area (Å²) in [7, 11) is 0. The van der Waals surface area contributed by atoms with Crippen LogP contribution in [0.3, 0.4) is 0 Å². The van der Waals surface area contributed by atoms with E-state index < -0.39 is 0 Å². The Hall–Kier alpha value is -0.0400. The second kappa shape index (κ2) is 1.73. The van der Waals surface area contributed by atoms with E-state index in [-0.39, 0.29) is 5.60 Å². The highest BCUT2D eigenvalue weighted by molar-refractivity contribution is 4.87. The van der Waals surface area contributed by atoms with Crippen molar-refractivity contribution in [3.8, 4) is 0 Å². The summed E-state index contributed by atoms with van der Waals surface area (Å²) in [5.41, 5.74) is 0.272. The zero-order valence-electron chi connectivity index (χ0n) is 5.90. The van der Waals surface area contributed by atoms with Crippen LogP contribution in [0.2, 0.25) is 0 Å². The first-order chi connectivity index (χ1) is 3.62. The van der Waals surface area contributed by atoms with E-state index in [1.165, 1.54) is 6.42 Å². The third-order valence-corrected chi connectivity index (χ3v) is 1.48. The Morgan fingerprint density at radius 2 is 2.12 bits per heavy atom. The van der Waals surface area contributed by atoms with Crippen molar-refractivity contribution in [2.24, 2.45) is 5.92 Å². The number of ether oxygens (including phenoxy) is 1. The molecule has 48 valence electrons. The molecule has 0 aromatic heterocycles. The van der Waals surface area contributed by atoms with Crippen LogP contribution in [0, 0.1) is 5.92 Å². The van der Waals surface area contributed by atoms with Crippen molar-refractivity contribution < 1.29 is 4.74 Å². The van der Waals surface area contributed by atoms with Crippen molar-refractivity contribution in [2.75, 3.05) is 6.61 Å². The SMILES string of the molecule is CC(C)CC1(C)CO1. The Morgan fingerprint density at radius 3 is 2.25 bits per heavy atom. The summed E-state index contributed by atoms with van der Waals surface area (Å²) < 4.78 is 5.21. The number of hydrogen-bond acceptors (Lipinski definition) is 1. The van der Waals surface area contributed by atoms with E-state index in [1.807, 2.05) is 0 Å². The van der Waals surface area contributed by atoms with Gasteiger partial charge in [-0.3, -0.25) is 0 Å². The minimum absolute atomic E-state index is 0.272. The number of rotatable bonds is 2. The second-order valence-corrected chi connectivity index (χ2v) is 3.34. The maximum Gasteiger partial charge on any atom is 0.0891 e. The molecule has 1 fully saturated rings. The fraction of sp³-hybridized carbons (Fsp3) is 1.00. The molecule has 1 heterocycles. The molecule has 0 amide bonds. The maximum absolute atomic E-state index is 5.21. The first-order valence-corrected chi connectivity index (χ1v) is 3.26. The highest BCUT2D eigenvalue weighted by atomic mass is 16.6. The van der Waals surface area contributed by atoms with Gasteiger partial charge in [-0.15, -0.1) is 0 Å². The molecular weight excluding hydrogens is 100 g/mol. The van der Waals surface area contributed by atoms with Gasteiger partial charge in [0, 0.05) is 0 Å². The second-order valence-electron chi connectivity index (χ2n) is 3.34. The minimum Gasteiger partial charge on any atom is -0.370 e. The fourth-order valence-electron chi connectivity index (χ4n) is 1.10. The van der Waals surface area contributed by atoms with Gasteiger partial charge in [0.15, 0.2) is 0 Å². The molecule has 1 unspecified atom stereocenters. The fourth-order valence-corrected chi connectivity index (χ4v) is 1.10. The molecule has 0 bridgehead atoms. The van der Waals surface area contributed by atoms with E-state index in [0.29, 0.717) is 0 Å². The van der Waals surface area contributed by atoms with Gasteiger partial charge in [0.1, 0.15) is 0 Å². The van der Waals surface area contributed by atoms with Gasteiger partial charge in [-0.1, -0.05) is 13.8 Å². The van der Waals surface area contributed by atoms with Crippen LogP contribution in [-0.2, 0) is 4.74 Å².